The number of nitrogens with zero attached hydrogens (tertiary/aromatic N) is 3. The van der Waals surface area contributed by atoms with Crippen molar-refractivity contribution in [1.29, 1.82) is 0 Å². The Morgan fingerprint density at radius 2 is 1.67 bits per heavy atom. The third-order valence-electron chi connectivity index (χ3n) is 6.01. The fraction of sp³-hybridized carbons (Fsp3) is 0.345. The van der Waals surface area contributed by atoms with Gasteiger partial charge in [0.15, 0.2) is 11.6 Å². The fourth-order valence-corrected chi connectivity index (χ4v) is 4.04. The van der Waals surface area contributed by atoms with Gasteiger partial charge in [-0.15, -0.1) is 13.2 Å². The average molecular weight is 657 g/mol. The lowest BCUT2D eigenvalue weighted by molar-refractivity contribution is -0.386. The number of esters is 1. The molecule has 0 spiro atoms. The zero-order valence-electron chi connectivity index (χ0n) is 25.2. The Morgan fingerprint density at radius 1 is 1.00 bits per heavy atom. The highest BCUT2D eigenvalue weighted by Gasteiger charge is 2.32. The maximum absolute atomic E-state index is 14.2. The highest BCUT2D eigenvalue weighted by atomic mass is 19.4. The van der Waals surface area contributed by atoms with Crippen molar-refractivity contribution < 1.29 is 55.4 Å². The van der Waals surface area contributed by atoms with Crippen LogP contribution in [0.15, 0.2) is 42.5 Å². The van der Waals surface area contributed by atoms with Crippen molar-refractivity contribution in [3.8, 4) is 11.6 Å². The Bertz CT molecular complexity index is 1610. The van der Waals surface area contributed by atoms with Gasteiger partial charge in [0.2, 0.25) is 5.88 Å². The molecular weight excluding hydrogens is 627 g/mol. The number of hydrogen-bond donors (Lipinski definition) is 1. The number of anilines is 2. The maximum Gasteiger partial charge on any atom is 0.573 e. The second kappa shape index (κ2) is 14.3. The van der Waals surface area contributed by atoms with Gasteiger partial charge >= 0.3 is 18.4 Å². The summed E-state index contributed by atoms with van der Waals surface area (Å²) in [6.07, 6.45) is -6.26. The molecular formula is C29H29F5N4O8. The number of amides is 1. The van der Waals surface area contributed by atoms with E-state index in [1.807, 2.05) is 0 Å². The molecule has 3 aromatic rings. The SMILES string of the molecule is COC(=O)c1cc(F)c(F)cc1Nc1ccc(OC(F)(F)F)cc1CN(CCc1nc(OC)ccc1[N+](=O)[O-])C(=O)OC(C)(C)C. The van der Waals surface area contributed by atoms with Gasteiger partial charge < -0.3 is 29.2 Å². The molecule has 46 heavy (non-hydrogen) atoms. The molecule has 0 aliphatic rings. The molecule has 1 N–H and O–H groups in total. The Kier molecular flexibility index (Phi) is 10.9. The van der Waals surface area contributed by atoms with Crippen LogP contribution in [-0.4, -0.2) is 59.6 Å². The first-order valence-electron chi connectivity index (χ1n) is 13.3. The van der Waals surface area contributed by atoms with Gasteiger partial charge in [-0.2, -0.15) is 0 Å². The molecule has 2 aromatic carbocycles. The normalized spacial score (nSPS) is 11.4. The van der Waals surface area contributed by atoms with Crippen molar-refractivity contribution in [2.45, 2.75) is 45.7 Å². The van der Waals surface area contributed by atoms with E-state index in [0.717, 1.165) is 30.2 Å². The lowest BCUT2D eigenvalue weighted by atomic mass is 10.1. The molecule has 1 aromatic heterocycles. The van der Waals surface area contributed by atoms with Crippen LogP contribution in [-0.2, 0) is 22.4 Å². The van der Waals surface area contributed by atoms with E-state index in [4.69, 9.17) is 9.47 Å². The number of ether oxygens (including phenoxy) is 4. The van der Waals surface area contributed by atoms with Crippen LogP contribution in [0, 0.1) is 21.7 Å². The molecule has 0 radical (unpaired) electrons. The highest BCUT2D eigenvalue weighted by molar-refractivity contribution is 5.96. The Balaban J connectivity index is 2.10. The Labute approximate surface area is 259 Å². The van der Waals surface area contributed by atoms with E-state index in [2.05, 4.69) is 19.8 Å². The molecule has 0 fully saturated rings. The molecule has 248 valence electrons. The van der Waals surface area contributed by atoms with E-state index in [1.54, 1.807) is 20.8 Å². The molecule has 1 heterocycles. The minimum absolute atomic E-state index is 0.0512. The van der Waals surface area contributed by atoms with Gasteiger partial charge in [-0.3, -0.25) is 10.1 Å². The first-order chi connectivity index (χ1) is 21.4. The number of rotatable bonds is 11. The van der Waals surface area contributed by atoms with Crippen molar-refractivity contribution in [3.05, 3.63) is 81.0 Å². The Morgan fingerprint density at radius 3 is 2.26 bits per heavy atom. The molecule has 0 bridgehead atoms. The summed E-state index contributed by atoms with van der Waals surface area (Å²) in [7, 11) is 2.30. The molecule has 17 heteroatoms. The van der Waals surface area contributed by atoms with Crippen LogP contribution < -0.4 is 14.8 Å². The molecule has 12 nitrogen and oxygen atoms in total. The summed E-state index contributed by atoms with van der Waals surface area (Å²) in [5.74, 6) is -4.41. The predicted octanol–water partition coefficient (Wildman–Crippen LogP) is 6.69. The number of alkyl halides is 3. The summed E-state index contributed by atoms with van der Waals surface area (Å²) in [5.41, 5.74) is -2.33. The third-order valence-corrected chi connectivity index (χ3v) is 6.01. The molecule has 0 aliphatic carbocycles. The number of hydrogen-bond acceptors (Lipinski definition) is 10. The number of methoxy groups -OCH3 is 2. The highest BCUT2D eigenvalue weighted by Crippen LogP contribution is 2.32. The minimum Gasteiger partial charge on any atom is -0.481 e. The van der Waals surface area contributed by atoms with Crippen LogP contribution in [0.3, 0.4) is 0 Å². The maximum atomic E-state index is 14.2. The lowest BCUT2D eigenvalue weighted by Gasteiger charge is -2.28. The number of pyridine rings is 1. The topological polar surface area (TPSA) is 142 Å². The largest absolute Gasteiger partial charge is 0.573 e. The minimum atomic E-state index is -5.09. The second-order valence-corrected chi connectivity index (χ2v) is 10.5. The van der Waals surface area contributed by atoms with Crippen LogP contribution in [0.5, 0.6) is 11.6 Å². The van der Waals surface area contributed by atoms with Gasteiger partial charge in [0.25, 0.3) is 5.69 Å². The molecule has 3 rings (SSSR count). The quantitative estimate of drug-likeness (QED) is 0.103. The van der Waals surface area contributed by atoms with E-state index in [9.17, 15) is 41.7 Å². The number of nitro groups is 1. The van der Waals surface area contributed by atoms with Gasteiger partial charge in [0, 0.05) is 36.9 Å². The monoisotopic (exact) mass is 656 g/mol. The van der Waals surface area contributed by atoms with Gasteiger partial charge in [0.1, 0.15) is 17.0 Å². The lowest BCUT2D eigenvalue weighted by Crippen LogP contribution is -2.38. The van der Waals surface area contributed by atoms with Crippen molar-refractivity contribution in [2.24, 2.45) is 0 Å². The number of carbonyl (C=O) groups excluding carboxylic acids is 2. The first kappa shape index (κ1) is 35.3. The number of carbonyl (C=O) groups is 2. The number of nitrogens with one attached hydrogen (secondary N) is 1. The van der Waals surface area contributed by atoms with Crippen LogP contribution in [0.4, 0.5) is 43.8 Å². The van der Waals surface area contributed by atoms with Gasteiger partial charge in [0.05, 0.1) is 36.9 Å². The molecule has 0 saturated carbocycles. The van der Waals surface area contributed by atoms with Gasteiger partial charge in [-0.1, -0.05) is 0 Å². The predicted molar refractivity (Wildman–Crippen MR) is 152 cm³/mol. The Hall–Kier alpha value is -5.22. The zero-order valence-corrected chi connectivity index (χ0v) is 25.2. The summed E-state index contributed by atoms with van der Waals surface area (Å²) < 4.78 is 86.7. The first-order valence-corrected chi connectivity index (χ1v) is 13.3. The summed E-state index contributed by atoms with van der Waals surface area (Å²) in [6.45, 7) is 3.92. The molecule has 0 saturated heterocycles. The summed E-state index contributed by atoms with van der Waals surface area (Å²) in [4.78, 5) is 41.7. The number of halogens is 5. The summed E-state index contributed by atoms with van der Waals surface area (Å²) in [6, 6.07) is 6.60. The molecule has 0 aliphatic heterocycles. The van der Waals surface area contributed by atoms with Crippen molar-refractivity contribution in [1.82, 2.24) is 9.88 Å². The third kappa shape index (κ3) is 9.64. The van der Waals surface area contributed by atoms with Crippen molar-refractivity contribution in [3.63, 3.8) is 0 Å². The molecule has 0 unspecified atom stereocenters. The van der Waals surface area contributed by atoms with E-state index in [0.29, 0.717) is 12.1 Å². The molecule has 0 atom stereocenters. The van der Waals surface area contributed by atoms with Crippen molar-refractivity contribution >= 4 is 29.1 Å². The standard InChI is InChI=1S/C29H29F5N4O8/c1-28(2,3)46-27(40)37(11-10-22-24(38(41)42)8-9-25(36-22)43-4)15-16-12-17(45-29(32,33)34)6-7-21(16)35-23-14-20(31)19(30)13-18(23)26(39)44-5/h6-9,12-14,35H,10-11,15H2,1-5H3. The number of aromatic nitrogens is 1. The van der Waals surface area contributed by atoms with E-state index >= 15 is 0 Å². The fourth-order valence-electron chi connectivity index (χ4n) is 4.04. The second-order valence-electron chi connectivity index (χ2n) is 10.5. The van der Waals surface area contributed by atoms with Crippen LogP contribution >= 0.6 is 0 Å². The van der Waals surface area contributed by atoms with Crippen LogP contribution in [0.2, 0.25) is 0 Å². The van der Waals surface area contributed by atoms with Gasteiger partial charge in [-0.05, 0) is 50.6 Å². The molecule has 1 amide bonds. The van der Waals surface area contributed by atoms with E-state index in [1.165, 1.54) is 19.2 Å². The smallest absolute Gasteiger partial charge is 0.481 e. The zero-order chi connectivity index (χ0) is 34.4. The van der Waals surface area contributed by atoms with Crippen LogP contribution in [0.25, 0.3) is 0 Å². The number of benzene rings is 2. The average Bonchev–Trinajstić information content (AvgIpc) is 2.95. The summed E-state index contributed by atoms with van der Waals surface area (Å²) in [5, 5.41) is 14.3. The summed E-state index contributed by atoms with van der Waals surface area (Å²) >= 11 is 0. The van der Waals surface area contributed by atoms with Gasteiger partial charge in [-0.25, -0.2) is 23.4 Å². The van der Waals surface area contributed by atoms with Crippen molar-refractivity contribution in [2.75, 3.05) is 26.1 Å². The van der Waals surface area contributed by atoms with Crippen LogP contribution in [0.1, 0.15) is 42.4 Å². The van der Waals surface area contributed by atoms with E-state index < -0.39 is 58.4 Å². The van der Waals surface area contributed by atoms with E-state index in [-0.39, 0.29) is 47.2 Å².